The lowest BCUT2D eigenvalue weighted by atomic mass is 10.0. The predicted molar refractivity (Wildman–Crippen MR) is 76.1 cm³/mol. The van der Waals surface area contributed by atoms with Gasteiger partial charge in [-0.15, -0.1) is 0 Å². The third-order valence-electron chi connectivity index (χ3n) is 3.19. The fourth-order valence-electron chi connectivity index (χ4n) is 2.15. The molecule has 0 spiro atoms. The molecule has 0 aromatic heterocycles. The summed E-state index contributed by atoms with van der Waals surface area (Å²) in [4.78, 5) is 13.3. The van der Waals surface area contributed by atoms with Gasteiger partial charge in [0, 0.05) is 11.4 Å². The van der Waals surface area contributed by atoms with E-state index < -0.39 is 12.0 Å². The molecule has 1 aromatic rings. The Morgan fingerprint density at radius 1 is 1.42 bits per heavy atom. The van der Waals surface area contributed by atoms with E-state index in [0.29, 0.717) is 30.3 Å². The Labute approximate surface area is 118 Å². The van der Waals surface area contributed by atoms with Crippen molar-refractivity contribution in [2.75, 3.05) is 20.2 Å². The van der Waals surface area contributed by atoms with E-state index in [-0.39, 0.29) is 0 Å². The van der Waals surface area contributed by atoms with Crippen molar-refractivity contribution < 1.29 is 14.6 Å². The predicted octanol–water partition coefficient (Wildman–Crippen LogP) is 2.69. The lowest BCUT2D eigenvalue weighted by Crippen LogP contribution is -2.42. The van der Waals surface area contributed by atoms with Gasteiger partial charge in [-0.3, -0.25) is 9.69 Å². The number of carbonyl (C=O) groups is 1. The van der Waals surface area contributed by atoms with E-state index in [4.69, 9.17) is 16.3 Å². The highest BCUT2D eigenvalue weighted by Crippen LogP contribution is 2.25. The minimum Gasteiger partial charge on any atom is -0.496 e. The number of ether oxygens (including phenoxy) is 1. The average molecular weight is 286 g/mol. The Bertz CT molecular complexity index is 433. The number of nitrogens with zero attached hydrogens (tertiary/aromatic N) is 1. The van der Waals surface area contributed by atoms with Crippen LogP contribution in [0, 0.1) is 0 Å². The minimum absolute atomic E-state index is 0.376. The Morgan fingerprint density at radius 3 is 2.53 bits per heavy atom. The molecule has 0 aliphatic rings. The first-order valence-corrected chi connectivity index (χ1v) is 6.70. The molecule has 0 saturated heterocycles. The normalized spacial score (nSPS) is 12.5. The summed E-state index contributed by atoms with van der Waals surface area (Å²) in [6.45, 7) is 5.29. The van der Waals surface area contributed by atoms with Gasteiger partial charge >= 0.3 is 5.97 Å². The van der Waals surface area contributed by atoms with Gasteiger partial charge in [0.25, 0.3) is 0 Å². The van der Waals surface area contributed by atoms with Crippen LogP contribution in [-0.2, 0) is 11.2 Å². The number of rotatable bonds is 7. The first-order valence-electron chi connectivity index (χ1n) is 6.32. The fourth-order valence-corrected chi connectivity index (χ4v) is 2.35. The second-order valence-electron chi connectivity index (χ2n) is 4.24. The molecule has 1 atom stereocenters. The van der Waals surface area contributed by atoms with Gasteiger partial charge in [0.2, 0.25) is 0 Å². The zero-order valence-electron chi connectivity index (χ0n) is 11.5. The fraction of sp³-hybridized carbons (Fsp3) is 0.500. The van der Waals surface area contributed by atoms with Crippen molar-refractivity contribution in [1.29, 1.82) is 0 Å². The standard InChI is InChI=1S/C14H20ClNO3/c1-4-16(5-2)12(14(17)18)9-10-8-11(15)6-7-13(10)19-3/h6-8,12H,4-5,9H2,1-3H3,(H,17,18)/t12-/m0/s1. The molecule has 0 bridgehead atoms. The zero-order chi connectivity index (χ0) is 14.4. The monoisotopic (exact) mass is 285 g/mol. The van der Waals surface area contributed by atoms with Crippen molar-refractivity contribution in [2.45, 2.75) is 26.3 Å². The molecule has 0 amide bonds. The molecule has 0 heterocycles. The van der Waals surface area contributed by atoms with Crippen molar-refractivity contribution in [3.63, 3.8) is 0 Å². The summed E-state index contributed by atoms with van der Waals surface area (Å²) >= 11 is 5.97. The number of halogens is 1. The quantitative estimate of drug-likeness (QED) is 0.837. The van der Waals surface area contributed by atoms with Crippen LogP contribution in [-0.4, -0.2) is 42.2 Å². The molecule has 1 rings (SSSR count). The van der Waals surface area contributed by atoms with Crippen molar-refractivity contribution in [3.8, 4) is 5.75 Å². The molecule has 4 nitrogen and oxygen atoms in total. The number of hydrogen-bond acceptors (Lipinski definition) is 3. The lowest BCUT2D eigenvalue weighted by Gasteiger charge is -2.26. The summed E-state index contributed by atoms with van der Waals surface area (Å²) < 4.78 is 5.26. The number of methoxy groups -OCH3 is 1. The van der Waals surface area contributed by atoms with Crippen LogP contribution in [0.1, 0.15) is 19.4 Å². The Hall–Kier alpha value is -1.26. The van der Waals surface area contributed by atoms with Crippen molar-refractivity contribution in [1.82, 2.24) is 4.90 Å². The minimum atomic E-state index is -0.828. The molecule has 106 valence electrons. The molecule has 0 aliphatic heterocycles. The summed E-state index contributed by atoms with van der Waals surface area (Å²) in [5.41, 5.74) is 0.814. The Balaban J connectivity index is 3.02. The molecule has 0 unspecified atom stereocenters. The molecule has 0 saturated carbocycles. The van der Waals surface area contributed by atoms with E-state index in [2.05, 4.69) is 0 Å². The molecule has 0 aliphatic carbocycles. The highest BCUT2D eigenvalue weighted by atomic mass is 35.5. The molecule has 0 radical (unpaired) electrons. The second-order valence-corrected chi connectivity index (χ2v) is 4.67. The van der Waals surface area contributed by atoms with Gasteiger partial charge in [-0.05, 0) is 36.9 Å². The Kier molecular flexibility index (Phi) is 6.12. The molecular weight excluding hydrogens is 266 g/mol. The van der Waals surface area contributed by atoms with Crippen LogP contribution in [0.2, 0.25) is 5.02 Å². The zero-order valence-corrected chi connectivity index (χ0v) is 12.3. The number of benzene rings is 1. The number of carboxylic acids is 1. The van der Waals surface area contributed by atoms with E-state index in [0.717, 1.165) is 5.56 Å². The Morgan fingerprint density at radius 2 is 2.05 bits per heavy atom. The summed E-state index contributed by atoms with van der Waals surface area (Å²) in [5.74, 6) is -0.159. The maximum Gasteiger partial charge on any atom is 0.321 e. The largest absolute Gasteiger partial charge is 0.496 e. The number of aliphatic carboxylic acids is 1. The summed E-state index contributed by atoms with van der Waals surface area (Å²) in [6, 6.07) is 4.69. The summed E-state index contributed by atoms with van der Waals surface area (Å²) in [7, 11) is 1.57. The average Bonchev–Trinajstić information content (AvgIpc) is 2.39. The van der Waals surface area contributed by atoms with Crippen LogP contribution < -0.4 is 4.74 Å². The number of likely N-dealkylation sites (N-methyl/N-ethyl adjacent to an activating group) is 1. The SMILES string of the molecule is CCN(CC)[C@@H](Cc1cc(Cl)ccc1OC)C(=O)O. The van der Waals surface area contributed by atoms with Gasteiger partial charge in [0.15, 0.2) is 0 Å². The van der Waals surface area contributed by atoms with E-state index in [1.165, 1.54) is 0 Å². The highest BCUT2D eigenvalue weighted by molar-refractivity contribution is 6.30. The van der Waals surface area contributed by atoms with Crippen LogP contribution in [0.3, 0.4) is 0 Å². The summed E-state index contributed by atoms with van der Waals surface area (Å²) in [5, 5.41) is 9.97. The summed E-state index contributed by atoms with van der Waals surface area (Å²) in [6.07, 6.45) is 0.376. The molecule has 19 heavy (non-hydrogen) atoms. The van der Waals surface area contributed by atoms with Gasteiger partial charge in [-0.25, -0.2) is 0 Å². The second kappa shape index (κ2) is 7.36. The van der Waals surface area contributed by atoms with E-state index in [1.54, 1.807) is 25.3 Å². The van der Waals surface area contributed by atoms with Gasteiger partial charge in [-0.1, -0.05) is 25.4 Å². The maximum absolute atomic E-state index is 11.4. The van der Waals surface area contributed by atoms with Gasteiger partial charge < -0.3 is 9.84 Å². The molecule has 1 aromatic carbocycles. The molecule has 5 heteroatoms. The third kappa shape index (κ3) is 4.11. The number of hydrogen-bond donors (Lipinski definition) is 1. The van der Waals surface area contributed by atoms with Crippen LogP contribution >= 0.6 is 11.6 Å². The lowest BCUT2D eigenvalue weighted by molar-refractivity contribution is -0.143. The molecular formula is C14H20ClNO3. The van der Waals surface area contributed by atoms with Gasteiger partial charge in [0.05, 0.1) is 7.11 Å². The topological polar surface area (TPSA) is 49.8 Å². The molecule has 0 fully saturated rings. The van der Waals surface area contributed by atoms with Crippen molar-refractivity contribution >= 4 is 17.6 Å². The van der Waals surface area contributed by atoms with Gasteiger partial charge in [-0.2, -0.15) is 0 Å². The van der Waals surface area contributed by atoms with Crippen LogP contribution in [0.15, 0.2) is 18.2 Å². The first-order chi connectivity index (χ1) is 9.03. The third-order valence-corrected chi connectivity index (χ3v) is 3.43. The van der Waals surface area contributed by atoms with E-state index in [1.807, 2.05) is 18.7 Å². The van der Waals surface area contributed by atoms with Crippen molar-refractivity contribution in [2.24, 2.45) is 0 Å². The molecule has 1 N–H and O–H groups in total. The van der Waals surface area contributed by atoms with Crippen LogP contribution in [0.25, 0.3) is 0 Å². The smallest absolute Gasteiger partial charge is 0.321 e. The number of carboxylic acid groups (broad SMARTS) is 1. The first kappa shape index (κ1) is 15.8. The maximum atomic E-state index is 11.4. The van der Waals surface area contributed by atoms with Crippen LogP contribution in [0.4, 0.5) is 0 Å². The van der Waals surface area contributed by atoms with Gasteiger partial charge in [0.1, 0.15) is 11.8 Å². The van der Waals surface area contributed by atoms with Crippen molar-refractivity contribution in [3.05, 3.63) is 28.8 Å². The highest BCUT2D eigenvalue weighted by Gasteiger charge is 2.25. The van der Waals surface area contributed by atoms with Crippen LogP contribution in [0.5, 0.6) is 5.75 Å². The van der Waals surface area contributed by atoms with E-state index >= 15 is 0 Å². The van der Waals surface area contributed by atoms with E-state index in [9.17, 15) is 9.90 Å².